The summed E-state index contributed by atoms with van der Waals surface area (Å²) in [6.07, 6.45) is 2.06. The Hall–Kier alpha value is -2.68. The zero-order valence-electron chi connectivity index (χ0n) is 22.1. The van der Waals surface area contributed by atoms with Gasteiger partial charge in [0.2, 0.25) is 0 Å². The first-order valence-electron chi connectivity index (χ1n) is 13.1. The standard InChI is InChI=1S/C28H34O9/c1-14(29)34-19-12-20(31)36-24(2,3)17-11-18(30)27(6)16(26(17,19)5)7-9-25(4)21(15-8-10-33-13-15)35-23(32)22-28(25,27)37-22/h8,10,13,16-17,19,21-22H,7,9,11-12H2,1-6H3/t16-,17+,19+,21-,22-,25+,26-,27+,28-/m1/s1. The molecule has 0 radical (unpaired) electrons. The maximum Gasteiger partial charge on any atom is 0.339 e. The molecule has 9 heteroatoms. The van der Waals surface area contributed by atoms with Crippen LogP contribution in [-0.4, -0.2) is 47.1 Å². The summed E-state index contributed by atoms with van der Waals surface area (Å²) in [6, 6.07) is 1.78. The summed E-state index contributed by atoms with van der Waals surface area (Å²) in [5, 5.41) is 0. The van der Waals surface area contributed by atoms with E-state index in [9.17, 15) is 19.2 Å². The van der Waals surface area contributed by atoms with E-state index < -0.39 is 63.7 Å². The molecule has 0 N–H and O–H groups in total. The van der Waals surface area contributed by atoms with Crippen LogP contribution < -0.4 is 0 Å². The zero-order valence-corrected chi connectivity index (χ0v) is 22.1. The largest absolute Gasteiger partial charge is 0.472 e. The Kier molecular flexibility index (Phi) is 4.82. The number of fused-ring (bicyclic) bond motifs is 3. The molecule has 3 aliphatic heterocycles. The third-order valence-corrected chi connectivity index (χ3v) is 10.8. The van der Waals surface area contributed by atoms with E-state index in [1.165, 1.54) is 13.2 Å². The SMILES string of the molecule is CC(=O)O[C@H]1CC(=O)OC(C)(C)[C@@H]2CC(=O)[C@]3(C)[C@H](CC[C@@]4(C)[C@@H](c5ccoc5)OC(=O)[C@H]5O[C@]543)[C@@]12C. The minimum atomic E-state index is -1.09. The summed E-state index contributed by atoms with van der Waals surface area (Å²) < 4.78 is 29.3. The molecule has 3 saturated heterocycles. The number of epoxide rings is 1. The van der Waals surface area contributed by atoms with Crippen molar-refractivity contribution < 1.29 is 42.5 Å². The number of hydrogen-bond donors (Lipinski definition) is 0. The lowest BCUT2D eigenvalue weighted by Gasteiger charge is -2.66. The quantitative estimate of drug-likeness (QED) is 0.330. The number of carbonyl (C=O) groups is 4. The molecule has 0 unspecified atom stereocenters. The molecule has 6 rings (SSSR count). The summed E-state index contributed by atoms with van der Waals surface area (Å²) in [5.74, 6) is -2.18. The lowest BCUT2D eigenvalue weighted by Crippen LogP contribution is -2.72. The Balaban J connectivity index is 1.54. The number of hydrogen-bond acceptors (Lipinski definition) is 9. The zero-order chi connectivity index (χ0) is 26.8. The van der Waals surface area contributed by atoms with Gasteiger partial charge in [0.15, 0.2) is 6.10 Å². The van der Waals surface area contributed by atoms with Crippen LogP contribution in [-0.2, 0) is 38.1 Å². The minimum Gasteiger partial charge on any atom is -0.472 e. The summed E-state index contributed by atoms with van der Waals surface area (Å²) in [4.78, 5) is 52.7. The summed E-state index contributed by atoms with van der Waals surface area (Å²) in [6.45, 7) is 11.0. The molecule has 9 atom stereocenters. The molecule has 1 aromatic rings. The van der Waals surface area contributed by atoms with E-state index in [4.69, 9.17) is 23.4 Å². The van der Waals surface area contributed by atoms with Gasteiger partial charge in [-0.15, -0.1) is 0 Å². The van der Waals surface area contributed by atoms with Gasteiger partial charge in [0.05, 0.1) is 24.4 Å². The van der Waals surface area contributed by atoms with Crippen LogP contribution in [0.2, 0.25) is 0 Å². The van der Waals surface area contributed by atoms with Crippen molar-refractivity contribution in [3.8, 4) is 0 Å². The Morgan fingerprint density at radius 1 is 1.03 bits per heavy atom. The van der Waals surface area contributed by atoms with Crippen LogP contribution in [0.1, 0.15) is 78.9 Å². The van der Waals surface area contributed by atoms with Crippen molar-refractivity contribution in [3.63, 3.8) is 0 Å². The van der Waals surface area contributed by atoms with E-state index in [0.717, 1.165) is 5.56 Å². The predicted molar refractivity (Wildman–Crippen MR) is 126 cm³/mol. The molecule has 0 bridgehead atoms. The van der Waals surface area contributed by atoms with Gasteiger partial charge < -0.3 is 23.4 Å². The third-order valence-electron chi connectivity index (χ3n) is 10.8. The fourth-order valence-corrected chi connectivity index (χ4v) is 9.24. The summed E-state index contributed by atoms with van der Waals surface area (Å²) >= 11 is 0. The van der Waals surface area contributed by atoms with Gasteiger partial charge >= 0.3 is 17.9 Å². The van der Waals surface area contributed by atoms with Crippen molar-refractivity contribution in [1.82, 2.24) is 0 Å². The predicted octanol–water partition coefficient (Wildman–Crippen LogP) is 3.69. The molecular formula is C28H34O9. The average molecular weight is 515 g/mol. The first-order chi connectivity index (χ1) is 17.2. The molecular weight excluding hydrogens is 480 g/mol. The number of ether oxygens (including phenoxy) is 4. The van der Waals surface area contributed by atoms with E-state index in [1.54, 1.807) is 12.3 Å². The fourth-order valence-electron chi connectivity index (χ4n) is 9.24. The molecule has 37 heavy (non-hydrogen) atoms. The molecule has 0 amide bonds. The van der Waals surface area contributed by atoms with Gasteiger partial charge in [-0.3, -0.25) is 14.4 Å². The number of carbonyl (C=O) groups excluding carboxylic acids is 4. The lowest BCUT2D eigenvalue weighted by atomic mass is 9.37. The second kappa shape index (κ2) is 7.24. The van der Waals surface area contributed by atoms with Gasteiger partial charge in [-0.2, -0.15) is 0 Å². The van der Waals surface area contributed by atoms with E-state index >= 15 is 0 Å². The Bertz CT molecular complexity index is 1200. The van der Waals surface area contributed by atoms with Gasteiger partial charge in [0, 0.05) is 35.7 Å². The van der Waals surface area contributed by atoms with E-state index in [0.29, 0.717) is 12.8 Å². The number of cyclic esters (lactones) is 2. The van der Waals surface area contributed by atoms with E-state index in [1.807, 2.05) is 34.6 Å². The van der Waals surface area contributed by atoms with Crippen LogP contribution >= 0.6 is 0 Å². The topological polar surface area (TPSA) is 122 Å². The van der Waals surface area contributed by atoms with Crippen molar-refractivity contribution in [2.75, 3.05) is 0 Å². The first kappa shape index (κ1) is 24.6. The Labute approximate surface area is 215 Å². The Morgan fingerprint density at radius 3 is 2.41 bits per heavy atom. The van der Waals surface area contributed by atoms with Gasteiger partial charge in [0.1, 0.15) is 29.2 Å². The van der Waals surface area contributed by atoms with Crippen LogP contribution in [0.15, 0.2) is 23.0 Å². The van der Waals surface area contributed by atoms with Crippen LogP contribution in [0.4, 0.5) is 0 Å². The number of rotatable bonds is 2. The molecule has 2 saturated carbocycles. The third kappa shape index (κ3) is 2.79. The maximum atomic E-state index is 14.4. The van der Waals surface area contributed by atoms with Gasteiger partial charge in [-0.1, -0.05) is 13.8 Å². The molecule has 5 fully saturated rings. The molecule has 0 aromatic carbocycles. The number of Topliss-reactive ketones (excluding diaryl/α,β-unsaturated/α-hetero) is 1. The highest BCUT2D eigenvalue weighted by molar-refractivity contribution is 5.93. The first-order valence-corrected chi connectivity index (χ1v) is 13.1. The second-order valence-electron chi connectivity index (χ2n) is 12.7. The molecule has 1 aromatic heterocycles. The number of furan rings is 1. The summed E-state index contributed by atoms with van der Waals surface area (Å²) in [5.41, 5.74) is -3.88. The van der Waals surface area contributed by atoms with Crippen molar-refractivity contribution in [3.05, 3.63) is 24.2 Å². The smallest absolute Gasteiger partial charge is 0.339 e. The van der Waals surface area contributed by atoms with Gasteiger partial charge in [-0.25, -0.2) is 4.79 Å². The highest BCUT2D eigenvalue weighted by Gasteiger charge is 2.88. The van der Waals surface area contributed by atoms with Crippen molar-refractivity contribution in [2.24, 2.45) is 28.1 Å². The van der Waals surface area contributed by atoms with Crippen molar-refractivity contribution in [2.45, 2.75) is 96.7 Å². The van der Waals surface area contributed by atoms with Crippen LogP contribution in [0.3, 0.4) is 0 Å². The second-order valence-corrected chi connectivity index (χ2v) is 12.7. The highest BCUT2D eigenvalue weighted by Crippen LogP contribution is 2.78. The lowest BCUT2D eigenvalue weighted by molar-refractivity contribution is -0.234. The van der Waals surface area contributed by atoms with Crippen LogP contribution in [0, 0.1) is 28.1 Å². The average Bonchev–Trinajstić information content (AvgIpc) is 3.38. The van der Waals surface area contributed by atoms with E-state index in [2.05, 4.69) is 0 Å². The number of esters is 3. The minimum absolute atomic E-state index is 0.0263. The Morgan fingerprint density at radius 2 is 1.76 bits per heavy atom. The van der Waals surface area contributed by atoms with Crippen molar-refractivity contribution in [1.29, 1.82) is 0 Å². The fraction of sp³-hybridized carbons (Fsp3) is 0.714. The van der Waals surface area contributed by atoms with Gasteiger partial charge in [-0.05, 0) is 45.6 Å². The van der Waals surface area contributed by atoms with E-state index in [-0.39, 0.29) is 30.5 Å². The molecule has 200 valence electrons. The molecule has 1 spiro atoms. The maximum absolute atomic E-state index is 14.4. The molecule has 2 aliphatic carbocycles. The van der Waals surface area contributed by atoms with Gasteiger partial charge in [0.25, 0.3) is 0 Å². The summed E-state index contributed by atoms with van der Waals surface area (Å²) in [7, 11) is 0. The molecule has 4 heterocycles. The molecule has 9 nitrogen and oxygen atoms in total. The monoisotopic (exact) mass is 514 g/mol. The van der Waals surface area contributed by atoms with Crippen LogP contribution in [0.5, 0.6) is 0 Å². The highest BCUT2D eigenvalue weighted by atomic mass is 16.7. The van der Waals surface area contributed by atoms with Crippen LogP contribution in [0.25, 0.3) is 0 Å². The number of ketones is 1. The molecule has 5 aliphatic rings. The van der Waals surface area contributed by atoms with Crippen molar-refractivity contribution >= 4 is 23.7 Å². The normalized spacial score (nSPS) is 47.7.